The van der Waals surface area contributed by atoms with E-state index < -0.39 is 0 Å². The standard InChI is InChI=1S/C15H29BrN4/c1-6-19(7-2)10-9-11-20(8-3)15-14(12-16)13(4)17-18(15)5/h6-12H2,1-5H3. The number of hydrogen-bond acceptors (Lipinski definition) is 3. The Kier molecular flexibility index (Phi) is 7.59. The van der Waals surface area contributed by atoms with Crippen molar-refractivity contribution in [1.29, 1.82) is 0 Å². The zero-order valence-electron chi connectivity index (χ0n) is 13.6. The van der Waals surface area contributed by atoms with E-state index >= 15 is 0 Å². The highest BCUT2D eigenvalue weighted by Crippen LogP contribution is 2.25. The predicted octanol–water partition coefficient (Wildman–Crippen LogP) is 3.18. The molecule has 0 saturated carbocycles. The summed E-state index contributed by atoms with van der Waals surface area (Å²) in [6.45, 7) is 14.3. The van der Waals surface area contributed by atoms with Gasteiger partial charge in [-0.2, -0.15) is 5.10 Å². The lowest BCUT2D eigenvalue weighted by Gasteiger charge is -2.26. The van der Waals surface area contributed by atoms with Crippen LogP contribution >= 0.6 is 15.9 Å². The maximum Gasteiger partial charge on any atom is 0.130 e. The quantitative estimate of drug-likeness (QED) is 0.643. The van der Waals surface area contributed by atoms with Crippen molar-refractivity contribution in [2.24, 2.45) is 7.05 Å². The molecule has 0 aliphatic heterocycles. The average molecular weight is 345 g/mol. The first-order chi connectivity index (χ1) is 9.58. The molecule has 116 valence electrons. The summed E-state index contributed by atoms with van der Waals surface area (Å²) in [7, 11) is 2.04. The van der Waals surface area contributed by atoms with E-state index in [0.29, 0.717) is 0 Å². The molecule has 20 heavy (non-hydrogen) atoms. The van der Waals surface area contributed by atoms with Crippen LogP contribution in [0.25, 0.3) is 0 Å². The second-order valence-electron chi connectivity index (χ2n) is 5.10. The van der Waals surface area contributed by atoms with Crippen molar-refractivity contribution in [2.75, 3.05) is 37.6 Å². The van der Waals surface area contributed by atoms with Gasteiger partial charge in [0, 0.05) is 31.0 Å². The molecular formula is C15H29BrN4. The van der Waals surface area contributed by atoms with Gasteiger partial charge in [-0.15, -0.1) is 0 Å². The molecule has 0 aliphatic rings. The van der Waals surface area contributed by atoms with Crippen LogP contribution in [0.5, 0.6) is 0 Å². The number of hydrogen-bond donors (Lipinski definition) is 0. The van der Waals surface area contributed by atoms with Gasteiger partial charge in [-0.25, -0.2) is 0 Å². The van der Waals surface area contributed by atoms with Gasteiger partial charge in [-0.1, -0.05) is 29.8 Å². The molecule has 1 aromatic heterocycles. The van der Waals surface area contributed by atoms with E-state index in [0.717, 1.165) is 37.2 Å². The molecule has 0 atom stereocenters. The van der Waals surface area contributed by atoms with E-state index in [1.807, 2.05) is 11.7 Å². The van der Waals surface area contributed by atoms with Gasteiger partial charge in [-0.3, -0.25) is 4.68 Å². The normalized spacial score (nSPS) is 11.3. The van der Waals surface area contributed by atoms with Gasteiger partial charge >= 0.3 is 0 Å². The second kappa shape index (κ2) is 8.67. The van der Waals surface area contributed by atoms with Gasteiger partial charge in [0.2, 0.25) is 0 Å². The zero-order valence-corrected chi connectivity index (χ0v) is 15.2. The molecule has 0 fully saturated rings. The fourth-order valence-electron chi connectivity index (χ4n) is 2.68. The van der Waals surface area contributed by atoms with E-state index in [1.165, 1.54) is 24.3 Å². The van der Waals surface area contributed by atoms with Crippen LogP contribution in [-0.4, -0.2) is 47.4 Å². The Labute approximate surface area is 132 Å². The van der Waals surface area contributed by atoms with Crippen LogP contribution in [0.15, 0.2) is 0 Å². The van der Waals surface area contributed by atoms with Crippen LogP contribution < -0.4 is 4.90 Å². The predicted molar refractivity (Wildman–Crippen MR) is 90.9 cm³/mol. The van der Waals surface area contributed by atoms with Crippen LogP contribution in [0.4, 0.5) is 5.82 Å². The summed E-state index contributed by atoms with van der Waals surface area (Å²) >= 11 is 3.60. The van der Waals surface area contributed by atoms with E-state index in [4.69, 9.17) is 0 Å². The topological polar surface area (TPSA) is 24.3 Å². The van der Waals surface area contributed by atoms with Gasteiger partial charge in [0.1, 0.15) is 5.82 Å². The van der Waals surface area contributed by atoms with E-state index in [1.54, 1.807) is 0 Å². The highest BCUT2D eigenvalue weighted by molar-refractivity contribution is 9.08. The number of alkyl halides is 1. The summed E-state index contributed by atoms with van der Waals surface area (Å²) in [4.78, 5) is 4.92. The Morgan fingerprint density at radius 3 is 2.25 bits per heavy atom. The average Bonchev–Trinajstić information content (AvgIpc) is 2.73. The largest absolute Gasteiger partial charge is 0.357 e. The minimum Gasteiger partial charge on any atom is -0.357 e. The third kappa shape index (κ3) is 4.22. The molecule has 0 amide bonds. The number of rotatable bonds is 9. The number of anilines is 1. The zero-order chi connectivity index (χ0) is 15.1. The van der Waals surface area contributed by atoms with Gasteiger partial charge in [-0.05, 0) is 39.9 Å². The Bertz CT molecular complexity index is 399. The van der Waals surface area contributed by atoms with Crippen LogP contribution in [0.3, 0.4) is 0 Å². The lowest BCUT2D eigenvalue weighted by atomic mass is 10.2. The van der Waals surface area contributed by atoms with Crippen molar-refractivity contribution < 1.29 is 0 Å². The molecular weight excluding hydrogens is 316 g/mol. The van der Waals surface area contributed by atoms with Crippen molar-refractivity contribution in [3.05, 3.63) is 11.3 Å². The first-order valence-corrected chi connectivity index (χ1v) is 8.76. The summed E-state index contributed by atoms with van der Waals surface area (Å²) in [5.74, 6) is 1.27. The van der Waals surface area contributed by atoms with Crippen molar-refractivity contribution in [1.82, 2.24) is 14.7 Å². The number of aromatic nitrogens is 2. The SMILES string of the molecule is CCN(CC)CCCN(CC)c1c(CBr)c(C)nn1C. The molecule has 1 rings (SSSR count). The first-order valence-electron chi connectivity index (χ1n) is 7.64. The fourth-order valence-corrected chi connectivity index (χ4v) is 3.34. The Balaban J connectivity index is 2.71. The van der Waals surface area contributed by atoms with E-state index in [-0.39, 0.29) is 0 Å². The van der Waals surface area contributed by atoms with Gasteiger partial charge in [0.15, 0.2) is 0 Å². The van der Waals surface area contributed by atoms with E-state index in [9.17, 15) is 0 Å². The molecule has 0 aliphatic carbocycles. The van der Waals surface area contributed by atoms with Crippen molar-refractivity contribution in [2.45, 2.75) is 39.4 Å². The number of halogens is 1. The van der Waals surface area contributed by atoms with Crippen LogP contribution in [0, 0.1) is 6.92 Å². The maximum absolute atomic E-state index is 4.56. The lowest BCUT2D eigenvalue weighted by Crippen LogP contribution is -2.31. The number of aryl methyl sites for hydroxylation is 2. The third-order valence-corrected chi connectivity index (χ3v) is 4.49. The van der Waals surface area contributed by atoms with Gasteiger partial charge in [0.05, 0.1) is 5.69 Å². The Morgan fingerprint density at radius 2 is 1.75 bits per heavy atom. The Morgan fingerprint density at radius 1 is 1.10 bits per heavy atom. The molecule has 1 heterocycles. The molecule has 0 radical (unpaired) electrons. The highest BCUT2D eigenvalue weighted by Gasteiger charge is 2.17. The number of nitrogens with zero attached hydrogens (tertiary/aromatic N) is 4. The minimum atomic E-state index is 0.870. The molecule has 0 unspecified atom stereocenters. The first kappa shape index (κ1) is 17.5. The summed E-state index contributed by atoms with van der Waals surface area (Å²) in [5.41, 5.74) is 2.44. The summed E-state index contributed by atoms with van der Waals surface area (Å²) in [5, 5.41) is 5.43. The second-order valence-corrected chi connectivity index (χ2v) is 5.67. The van der Waals surface area contributed by atoms with Crippen molar-refractivity contribution in [3.63, 3.8) is 0 Å². The van der Waals surface area contributed by atoms with Gasteiger partial charge < -0.3 is 9.80 Å². The molecule has 1 aromatic rings. The van der Waals surface area contributed by atoms with Gasteiger partial charge in [0.25, 0.3) is 0 Å². The molecule has 0 aromatic carbocycles. The van der Waals surface area contributed by atoms with Crippen molar-refractivity contribution in [3.8, 4) is 0 Å². The smallest absolute Gasteiger partial charge is 0.130 e. The monoisotopic (exact) mass is 344 g/mol. The molecule has 0 spiro atoms. The summed E-state index contributed by atoms with van der Waals surface area (Å²) in [6.07, 6.45) is 1.20. The minimum absolute atomic E-state index is 0.870. The van der Waals surface area contributed by atoms with E-state index in [2.05, 4.69) is 58.5 Å². The van der Waals surface area contributed by atoms with Crippen molar-refractivity contribution >= 4 is 21.7 Å². The highest BCUT2D eigenvalue weighted by atomic mass is 79.9. The molecule has 0 bridgehead atoms. The maximum atomic E-state index is 4.56. The molecule has 4 nitrogen and oxygen atoms in total. The summed E-state index contributed by atoms with van der Waals surface area (Å²) in [6, 6.07) is 0. The third-order valence-electron chi connectivity index (χ3n) is 3.92. The molecule has 5 heteroatoms. The van der Waals surface area contributed by atoms with Crippen LogP contribution in [0.1, 0.15) is 38.4 Å². The fraction of sp³-hybridized carbons (Fsp3) is 0.800. The summed E-state index contributed by atoms with van der Waals surface area (Å²) < 4.78 is 2.02. The molecule has 0 saturated heterocycles. The lowest BCUT2D eigenvalue weighted by molar-refractivity contribution is 0.300. The van der Waals surface area contributed by atoms with Crippen LogP contribution in [0.2, 0.25) is 0 Å². The molecule has 0 N–H and O–H groups in total. The van der Waals surface area contributed by atoms with Crippen LogP contribution in [-0.2, 0) is 12.4 Å². The Hall–Kier alpha value is -0.550.